The Bertz CT molecular complexity index is 407. The molecule has 1 fully saturated rings. The van der Waals surface area contributed by atoms with Gasteiger partial charge in [0.15, 0.2) is 0 Å². The minimum Gasteiger partial charge on any atom is -0.272 e. The summed E-state index contributed by atoms with van der Waals surface area (Å²) < 4.78 is 18.6. The minimum absolute atomic E-state index is 0.0817. The van der Waals surface area contributed by atoms with Crippen LogP contribution in [0.4, 0.5) is 0 Å². The van der Waals surface area contributed by atoms with Crippen molar-refractivity contribution in [1.29, 1.82) is 0 Å². The number of likely N-dealkylation sites (N-methyl/N-ethyl adjacent to an activating group) is 1. The van der Waals surface area contributed by atoms with Gasteiger partial charge in [0.25, 0.3) is 0 Å². The van der Waals surface area contributed by atoms with Gasteiger partial charge in [-0.1, -0.05) is 24.3 Å². The Morgan fingerprint density at radius 1 is 1.50 bits per heavy atom. The van der Waals surface area contributed by atoms with Crippen molar-refractivity contribution in [2.45, 2.75) is 18.6 Å². The molecule has 0 aromatic heterocycles. The van der Waals surface area contributed by atoms with E-state index in [0.29, 0.717) is 0 Å². The van der Waals surface area contributed by atoms with Crippen LogP contribution in [0.25, 0.3) is 0 Å². The van der Waals surface area contributed by atoms with E-state index in [0.717, 1.165) is 6.42 Å². The topological polar surface area (TPSA) is 29.5 Å². The molecule has 0 N–H and O–H groups in total. The fourth-order valence-electron chi connectivity index (χ4n) is 2.32. The highest BCUT2D eigenvalue weighted by Crippen LogP contribution is 2.42. The molecule has 0 saturated carbocycles. The van der Waals surface area contributed by atoms with Gasteiger partial charge in [0.2, 0.25) is 11.3 Å². The minimum atomic E-state index is -1.25. The molecule has 0 spiro atoms. The molecule has 1 saturated heterocycles. The Labute approximate surface area is 85.5 Å². The van der Waals surface area contributed by atoms with Gasteiger partial charge in [-0.25, -0.2) is 4.21 Å². The molecule has 3 nitrogen and oxygen atoms in total. The highest BCUT2D eigenvalue weighted by Gasteiger charge is 2.45. The summed E-state index contributed by atoms with van der Waals surface area (Å²) in [7, 11) is 1.85. The van der Waals surface area contributed by atoms with Crippen molar-refractivity contribution in [3.63, 3.8) is 0 Å². The van der Waals surface area contributed by atoms with E-state index in [1.165, 1.54) is 11.1 Å². The van der Waals surface area contributed by atoms with E-state index >= 15 is 0 Å². The van der Waals surface area contributed by atoms with E-state index in [1.54, 1.807) is 4.31 Å². The molecule has 1 aliphatic heterocycles. The number of rotatable bonds is 0. The van der Waals surface area contributed by atoms with E-state index < -0.39 is 11.3 Å². The number of benzene rings is 1. The molecular formula is C10H11NO2S. The van der Waals surface area contributed by atoms with Crippen LogP contribution < -0.4 is 0 Å². The Morgan fingerprint density at radius 3 is 3.14 bits per heavy atom. The summed E-state index contributed by atoms with van der Waals surface area (Å²) in [5, 5.41) is 0. The van der Waals surface area contributed by atoms with Crippen molar-refractivity contribution in [3.05, 3.63) is 35.4 Å². The third-order valence-corrected chi connectivity index (χ3v) is 4.09. The smallest absolute Gasteiger partial charge is 0.237 e. The number of hydrogen-bond donors (Lipinski definition) is 0. The standard InChI is InChI=1S/C10H11NO2S/c1-11-10-8-5-3-2-4-7(8)6-9(10)13-14(11)12/h2-5,9-10H,6H2,1H3. The summed E-state index contributed by atoms with van der Waals surface area (Å²) in [6.07, 6.45) is 0.968. The fraction of sp³-hybridized carbons (Fsp3) is 0.400. The van der Waals surface area contributed by atoms with Crippen LogP contribution in [0.5, 0.6) is 0 Å². The van der Waals surface area contributed by atoms with Gasteiger partial charge in [0.05, 0.1) is 6.04 Å². The average Bonchev–Trinajstić information content (AvgIpc) is 2.65. The molecule has 2 aliphatic rings. The van der Waals surface area contributed by atoms with Gasteiger partial charge in [0.1, 0.15) is 6.10 Å². The van der Waals surface area contributed by atoms with Crippen LogP contribution in [-0.2, 0) is 21.9 Å². The molecule has 0 bridgehead atoms. The van der Waals surface area contributed by atoms with Crippen molar-refractivity contribution in [1.82, 2.24) is 4.31 Å². The van der Waals surface area contributed by atoms with Crippen LogP contribution in [0.2, 0.25) is 0 Å². The van der Waals surface area contributed by atoms with E-state index in [1.807, 2.05) is 19.2 Å². The van der Waals surface area contributed by atoms with Crippen LogP contribution >= 0.6 is 0 Å². The maximum Gasteiger partial charge on any atom is 0.237 e. The van der Waals surface area contributed by atoms with Crippen molar-refractivity contribution in [2.75, 3.05) is 7.05 Å². The molecule has 1 aliphatic carbocycles. The van der Waals surface area contributed by atoms with E-state index in [4.69, 9.17) is 4.18 Å². The summed E-state index contributed by atoms with van der Waals surface area (Å²) in [4.78, 5) is 0. The highest BCUT2D eigenvalue weighted by atomic mass is 32.2. The third kappa shape index (κ3) is 1.02. The van der Waals surface area contributed by atoms with Gasteiger partial charge in [0, 0.05) is 13.5 Å². The fourth-order valence-corrected chi connectivity index (χ4v) is 3.28. The van der Waals surface area contributed by atoms with Crippen molar-refractivity contribution in [2.24, 2.45) is 0 Å². The largest absolute Gasteiger partial charge is 0.272 e. The first-order valence-electron chi connectivity index (χ1n) is 4.67. The summed E-state index contributed by atoms with van der Waals surface area (Å²) in [5.41, 5.74) is 2.59. The molecule has 74 valence electrons. The number of nitrogens with zero attached hydrogens (tertiary/aromatic N) is 1. The molecule has 3 rings (SSSR count). The zero-order chi connectivity index (χ0) is 9.71. The third-order valence-electron chi connectivity index (χ3n) is 2.98. The van der Waals surface area contributed by atoms with E-state index in [-0.39, 0.29) is 12.1 Å². The first kappa shape index (κ1) is 8.59. The van der Waals surface area contributed by atoms with Gasteiger partial charge >= 0.3 is 0 Å². The second-order valence-electron chi connectivity index (χ2n) is 3.75. The molecule has 14 heavy (non-hydrogen) atoms. The second-order valence-corrected chi connectivity index (χ2v) is 4.95. The summed E-state index contributed by atoms with van der Waals surface area (Å²) in [6, 6.07) is 8.47. The van der Waals surface area contributed by atoms with Crippen LogP contribution in [0.3, 0.4) is 0 Å². The molecule has 3 atom stereocenters. The number of hydrogen-bond acceptors (Lipinski definition) is 2. The SMILES string of the molecule is CN1C2c3ccccc3CC2OS1=O. The van der Waals surface area contributed by atoms with Gasteiger partial charge in [-0.15, -0.1) is 0 Å². The van der Waals surface area contributed by atoms with Crippen LogP contribution in [-0.4, -0.2) is 21.7 Å². The quantitative estimate of drug-likeness (QED) is 0.642. The molecule has 0 radical (unpaired) electrons. The summed E-state index contributed by atoms with van der Waals surface area (Å²) in [5.74, 6) is 0. The Morgan fingerprint density at radius 2 is 2.29 bits per heavy atom. The lowest BCUT2D eigenvalue weighted by Gasteiger charge is -2.14. The lowest BCUT2D eigenvalue weighted by molar-refractivity contribution is 0.222. The molecular weight excluding hydrogens is 198 g/mol. The van der Waals surface area contributed by atoms with Crippen LogP contribution in [0.15, 0.2) is 24.3 Å². The molecule has 0 amide bonds. The maximum absolute atomic E-state index is 11.4. The molecule has 1 aromatic rings. The van der Waals surface area contributed by atoms with Crippen molar-refractivity contribution >= 4 is 11.3 Å². The van der Waals surface area contributed by atoms with Crippen LogP contribution in [0, 0.1) is 0 Å². The zero-order valence-electron chi connectivity index (χ0n) is 7.84. The summed E-state index contributed by atoms with van der Waals surface area (Å²) >= 11 is -1.25. The maximum atomic E-state index is 11.4. The zero-order valence-corrected chi connectivity index (χ0v) is 8.66. The first-order valence-corrected chi connectivity index (χ1v) is 5.70. The Hall–Kier alpha value is -0.710. The van der Waals surface area contributed by atoms with Gasteiger partial charge in [-0.3, -0.25) is 4.18 Å². The van der Waals surface area contributed by atoms with Crippen molar-refractivity contribution < 1.29 is 8.39 Å². The van der Waals surface area contributed by atoms with Crippen LogP contribution in [0.1, 0.15) is 17.2 Å². The highest BCUT2D eigenvalue weighted by molar-refractivity contribution is 7.77. The van der Waals surface area contributed by atoms with Gasteiger partial charge in [-0.05, 0) is 11.1 Å². The Kier molecular flexibility index (Phi) is 1.77. The second kappa shape index (κ2) is 2.89. The molecule has 3 unspecified atom stereocenters. The normalized spacial score (nSPS) is 35.6. The molecule has 1 aromatic carbocycles. The first-order chi connectivity index (χ1) is 6.77. The van der Waals surface area contributed by atoms with E-state index in [9.17, 15) is 4.21 Å². The predicted molar refractivity (Wildman–Crippen MR) is 53.7 cm³/mol. The van der Waals surface area contributed by atoms with Crippen molar-refractivity contribution in [3.8, 4) is 0 Å². The molecule has 1 heterocycles. The van der Waals surface area contributed by atoms with Gasteiger partial charge in [-0.2, -0.15) is 4.31 Å². The lowest BCUT2D eigenvalue weighted by Crippen LogP contribution is -2.20. The molecule has 4 heteroatoms. The van der Waals surface area contributed by atoms with Gasteiger partial charge < -0.3 is 0 Å². The predicted octanol–water partition coefficient (Wildman–Crippen LogP) is 1.19. The monoisotopic (exact) mass is 209 g/mol. The average molecular weight is 209 g/mol. The Balaban J connectivity index is 2.09. The summed E-state index contributed by atoms with van der Waals surface area (Å²) in [6.45, 7) is 0. The van der Waals surface area contributed by atoms with E-state index in [2.05, 4.69) is 12.1 Å². The number of fused-ring (bicyclic) bond motifs is 3. The lowest BCUT2D eigenvalue weighted by atomic mass is 10.1.